The number of halogens is 1. The fraction of sp³-hybridized carbons (Fsp3) is 0.452. The van der Waals surface area contributed by atoms with Crippen molar-refractivity contribution < 1.29 is 18.6 Å². The molecule has 2 N–H and O–H groups in total. The lowest BCUT2D eigenvalue weighted by molar-refractivity contribution is 0.0176. The van der Waals surface area contributed by atoms with Gasteiger partial charge in [0.15, 0.2) is 0 Å². The summed E-state index contributed by atoms with van der Waals surface area (Å²) >= 11 is 1.06. The van der Waals surface area contributed by atoms with Crippen LogP contribution in [0.2, 0.25) is 0 Å². The Bertz CT molecular complexity index is 1670. The largest absolute Gasteiger partial charge is 0.463 e. The zero-order chi connectivity index (χ0) is 28.5. The summed E-state index contributed by atoms with van der Waals surface area (Å²) in [7, 11) is 0. The fourth-order valence-corrected chi connectivity index (χ4v) is 7.72. The number of benzene rings is 1. The smallest absolute Gasteiger partial charge is 0.316 e. The van der Waals surface area contributed by atoms with Crippen LogP contribution in [0.25, 0.3) is 22.3 Å². The lowest BCUT2D eigenvalue weighted by Crippen LogP contribution is -2.42. The summed E-state index contributed by atoms with van der Waals surface area (Å²) in [4.78, 5) is 12.3. The van der Waals surface area contributed by atoms with E-state index in [2.05, 4.69) is 22.5 Å². The van der Waals surface area contributed by atoms with Crippen molar-refractivity contribution in [3.8, 4) is 12.1 Å². The molecule has 0 spiro atoms. The van der Waals surface area contributed by atoms with Crippen LogP contribution in [0, 0.1) is 23.7 Å². The van der Waals surface area contributed by atoms with Crippen LogP contribution in [0.15, 0.2) is 18.9 Å². The van der Waals surface area contributed by atoms with Crippen LogP contribution in [0.3, 0.4) is 0 Å². The highest BCUT2D eigenvalue weighted by Crippen LogP contribution is 2.49. The van der Waals surface area contributed by atoms with Gasteiger partial charge >= 0.3 is 6.01 Å². The monoisotopic (exact) mass is 573 g/mol. The summed E-state index contributed by atoms with van der Waals surface area (Å²) in [6, 6.07) is 3.04. The minimum absolute atomic E-state index is 0.142. The normalized spacial score (nSPS) is 22.7. The number of aryl methyl sites for hydroxylation is 1. The van der Waals surface area contributed by atoms with Gasteiger partial charge in [-0.1, -0.05) is 12.7 Å². The average molecular weight is 574 g/mol. The molecule has 2 bridgehead atoms. The quantitative estimate of drug-likeness (QED) is 0.376. The van der Waals surface area contributed by atoms with Crippen LogP contribution in [0.1, 0.15) is 64.4 Å². The number of ether oxygens (including phenoxy) is 3. The van der Waals surface area contributed by atoms with Gasteiger partial charge in [-0.2, -0.15) is 10.2 Å². The Labute approximate surface area is 242 Å². The Morgan fingerprint density at radius 3 is 2.85 bits per heavy atom. The highest BCUT2D eigenvalue weighted by atomic mass is 32.1. The Morgan fingerprint density at radius 1 is 1.37 bits per heavy atom. The van der Waals surface area contributed by atoms with Crippen molar-refractivity contribution in [2.75, 3.05) is 32.0 Å². The molecular weight excluding hydrogens is 541 g/mol. The number of allylic oxidation sites excluding steroid dienone is 1. The molecule has 2 atom stereocenters. The van der Waals surface area contributed by atoms with Gasteiger partial charge in [-0.3, -0.25) is 4.90 Å². The average Bonchev–Trinajstić information content (AvgIpc) is 3.41. The van der Waals surface area contributed by atoms with E-state index < -0.39 is 5.83 Å². The number of morpholine rings is 1. The molecule has 1 saturated carbocycles. The van der Waals surface area contributed by atoms with E-state index in [1.165, 1.54) is 6.08 Å². The third kappa shape index (κ3) is 4.34. The maximum absolute atomic E-state index is 15.0. The summed E-state index contributed by atoms with van der Waals surface area (Å²) in [6.07, 6.45) is 6.99. The molecule has 41 heavy (non-hydrogen) atoms. The van der Waals surface area contributed by atoms with E-state index in [1.807, 2.05) is 13.1 Å². The zero-order valence-electron chi connectivity index (χ0n) is 23.3. The molecule has 0 amide bonds. The molecule has 3 aromatic rings. The number of nitrogen functional groups attached to an aromatic ring is 1. The molecule has 0 radical (unpaired) electrons. The lowest BCUT2D eigenvalue weighted by Gasteiger charge is -2.30. The Morgan fingerprint density at radius 2 is 2.17 bits per heavy atom. The standard InChI is InChI=1S/C31H32FN5O3S/c1-4-24(32)28-26(20(8-33)29(34)41-28)16(2)25-17(3)27-21(22-12-38-13-23(22)25)9-35-30(36-27)40-15-31(5-6-31)14-37-10-19-7-18(37)11-39-19/h4,9,18-19H,2,5-7,10-15,34H2,1,3H3/b24-4+/t18-,19-/m1/s1. The third-order valence-corrected chi connectivity index (χ3v) is 10.1. The molecule has 1 aromatic carbocycles. The van der Waals surface area contributed by atoms with Crippen molar-refractivity contribution in [1.29, 1.82) is 5.26 Å². The number of fused-ring (bicyclic) bond motifs is 5. The van der Waals surface area contributed by atoms with Crippen LogP contribution in [0.4, 0.5) is 9.39 Å². The number of thiophene rings is 1. The first-order valence-electron chi connectivity index (χ1n) is 14.0. The summed E-state index contributed by atoms with van der Waals surface area (Å²) in [5.74, 6) is -0.438. The lowest BCUT2D eigenvalue weighted by atomic mass is 9.86. The van der Waals surface area contributed by atoms with Crippen molar-refractivity contribution in [3.05, 3.63) is 57.1 Å². The van der Waals surface area contributed by atoms with Crippen molar-refractivity contribution in [1.82, 2.24) is 14.9 Å². The maximum Gasteiger partial charge on any atom is 0.316 e. The highest BCUT2D eigenvalue weighted by molar-refractivity contribution is 7.17. The Balaban J connectivity index is 1.23. The number of nitriles is 1. The molecule has 10 heteroatoms. The number of hydrogen-bond acceptors (Lipinski definition) is 9. The maximum atomic E-state index is 15.0. The molecule has 8 nitrogen and oxygen atoms in total. The van der Waals surface area contributed by atoms with Crippen molar-refractivity contribution in [2.45, 2.75) is 58.5 Å². The van der Waals surface area contributed by atoms with Gasteiger partial charge in [0.25, 0.3) is 0 Å². The van der Waals surface area contributed by atoms with E-state index in [0.29, 0.717) is 54.0 Å². The van der Waals surface area contributed by atoms with Gasteiger partial charge < -0.3 is 19.9 Å². The van der Waals surface area contributed by atoms with Crippen LogP contribution < -0.4 is 10.5 Å². The summed E-state index contributed by atoms with van der Waals surface area (Å²) < 4.78 is 32.8. The van der Waals surface area contributed by atoms with Gasteiger partial charge in [0.1, 0.15) is 16.9 Å². The zero-order valence-corrected chi connectivity index (χ0v) is 24.1. The van der Waals surface area contributed by atoms with Gasteiger partial charge in [-0.05, 0) is 60.9 Å². The van der Waals surface area contributed by atoms with Crippen molar-refractivity contribution in [2.24, 2.45) is 5.41 Å². The van der Waals surface area contributed by atoms with Gasteiger partial charge in [0, 0.05) is 41.7 Å². The second-order valence-electron chi connectivity index (χ2n) is 11.7. The molecular formula is C31H32FN5O3S. The summed E-state index contributed by atoms with van der Waals surface area (Å²) in [6.45, 7) is 12.2. The van der Waals surface area contributed by atoms with Crippen LogP contribution in [-0.4, -0.2) is 53.3 Å². The molecule has 212 valence electrons. The minimum Gasteiger partial charge on any atom is -0.463 e. The predicted octanol–water partition coefficient (Wildman–Crippen LogP) is 5.51. The van der Waals surface area contributed by atoms with Gasteiger partial charge in [-0.25, -0.2) is 9.37 Å². The molecule has 2 aromatic heterocycles. The van der Waals surface area contributed by atoms with E-state index >= 15 is 0 Å². The number of anilines is 1. The molecule has 0 unspecified atom stereocenters. The Hall–Kier alpha value is -3.36. The molecule has 2 saturated heterocycles. The Kier molecular flexibility index (Phi) is 6.39. The number of hydrogen-bond donors (Lipinski definition) is 1. The second kappa shape index (κ2) is 9.88. The van der Waals surface area contributed by atoms with Crippen LogP contribution in [-0.2, 0) is 22.7 Å². The number of nitrogens with zero attached hydrogens (tertiary/aromatic N) is 4. The molecule has 1 aliphatic carbocycles. The molecule has 7 rings (SSSR count). The van der Waals surface area contributed by atoms with E-state index in [-0.39, 0.29) is 16.0 Å². The number of likely N-dealkylation sites (tertiary alicyclic amines) is 1. The van der Waals surface area contributed by atoms with Crippen LogP contribution >= 0.6 is 11.3 Å². The second-order valence-corrected chi connectivity index (χ2v) is 12.8. The topological polar surface area (TPSA) is 107 Å². The van der Waals surface area contributed by atoms with Crippen LogP contribution in [0.5, 0.6) is 6.01 Å². The van der Waals surface area contributed by atoms with E-state index in [1.54, 1.807) is 6.92 Å². The SMILES string of the molecule is C=C(c1c(/C(F)=C\C)sc(N)c1C#N)c1c2c(c3cnc(OCC4(CN5C[C@H]6C[C@@H]5CO6)CC4)nc3c1C)COC2. The van der Waals surface area contributed by atoms with E-state index in [9.17, 15) is 9.65 Å². The number of rotatable bonds is 8. The number of aromatic nitrogens is 2. The van der Waals surface area contributed by atoms with Crippen molar-refractivity contribution >= 4 is 38.6 Å². The number of nitrogens with two attached hydrogens (primary N) is 1. The fourth-order valence-electron chi connectivity index (χ4n) is 6.71. The molecule has 5 heterocycles. The molecule has 4 aliphatic rings. The van der Waals surface area contributed by atoms with Gasteiger partial charge in [0.2, 0.25) is 0 Å². The van der Waals surface area contributed by atoms with Crippen molar-refractivity contribution in [3.63, 3.8) is 0 Å². The highest BCUT2D eigenvalue weighted by Gasteiger charge is 2.49. The predicted molar refractivity (Wildman–Crippen MR) is 156 cm³/mol. The first-order valence-corrected chi connectivity index (χ1v) is 14.9. The van der Waals surface area contributed by atoms with Gasteiger partial charge in [-0.15, -0.1) is 11.3 Å². The first-order chi connectivity index (χ1) is 19.8. The summed E-state index contributed by atoms with van der Waals surface area (Å²) in [5.41, 5.74) is 11.8. The molecule has 3 fully saturated rings. The van der Waals surface area contributed by atoms with Gasteiger partial charge in [0.05, 0.1) is 48.5 Å². The van der Waals surface area contributed by atoms with E-state index in [0.717, 1.165) is 83.5 Å². The first kappa shape index (κ1) is 26.5. The van der Waals surface area contributed by atoms with E-state index in [4.69, 9.17) is 24.9 Å². The summed E-state index contributed by atoms with van der Waals surface area (Å²) in [5, 5.41) is 11.1. The minimum atomic E-state index is -0.438. The molecule has 3 aliphatic heterocycles. The third-order valence-electron chi connectivity index (χ3n) is 9.12.